The lowest BCUT2D eigenvalue weighted by Crippen LogP contribution is -2.65. The molecule has 0 bridgehead atoms. The van der Waals surface area contributed by atoms with Crippen LogP contribution in [-0.2, 0) is 20.8 Å². The van der Waals surface area contributed by atoms with Crippen molar-refractivity contribution in [2.24, 2.45) is 50.2 Å². The predicted octanol–water partition coefficient (Wildman–Crippen LogP) is 5.11. The van der Waals surface area contributed by atoms with Crippen molar-refractivity contribution in [3.63, 3.8) is 0 Å². The third-order valence-corrected chi connectivity index (χ3v) is 16.9. The lowest BCUT2D eigenvalue weighted by molar-refractivity contribution is -0.206. The lowest BCUT2D eigenvalue weighted by Gasteiger charge is -2.71. The van der Waals surface area contributed by atoms with Gasteiger partial charge in [-0.05, 0) is 122 Å². The molecule has 1 unspecified atom stereocenters. The molecular weight excluding hydrogens is 688 g/mol. The molecule has 11 heteroatoms. The molecule has 0 amide bonds. The number of aliphatic hydroxyl groups is 4. The van der Waals surface area contributed by atoms with Crippen molar-refractivity contribution in [2.75, 3.05) is 13.2 Å². The van der Waals surface area contributed by atoms with Crippen LogP contribution in [0, 0.1) is 50.2 Å². The summed E-state index contributed by atoms with van der Waals surface area (Å²) >= 11 is 0. The fraction of sp³-hybridized carbons (Fsp3) is 0.837. The maximum atomic E-state index is 14.4. The van der Waals surface area contributed by atoms with Gasteiger partial charge in [0.1, 0.15) is 18.3 Å². The van der Waals surface area contributed by atoms with Gasteiger partial charge in [-0.25, -0.2) is 4.79 Å². The van der Waals surface area contributed by atoms with E-state index >= 15 is 0 Å². The molecule has 0 radical (unpaired) electrons. The SMILES string of the molecule is CC1(C)CC[C@]2(C(=O)OCCCCn3c(=O)ccn([C@@H]4O[C@H](CO)[C@@H](O)[C@H]4O)c3=O)CC[C@]3(C)C(=CC[C@@H]4[C@@]5(C)CC[C@H](O)C(C)(C)C5CC[C@]43C)[C@@H]2C1. The highest BCUT2D eigenvalue weighted by atomic mass is 16.6. The van der Waals surface area contributed by atoms with Crippen molar-refractivity contribution in [2.45, 2.75) is 163 Å². The highest BCUT2D eigenvalue weighted by molar-refractivity contribution is 5.78. The number of carbonyl (C=O) groups is 1. The Labute approximate surface area is 320 Å². The van der Waals surface area contributed by atoms with E-state index < -0.39 is 47.8 Å². The quantitative estimate of drug-likeness (QED) is 0.161. The van der Waals surface area contributed by atoms with Gasteiger partial charge in [-0.2, -0.15) is 0 Å². The third kappa shape index (κ3) is 5.87. The molecule has 1 aliphatic heterocycles. The van der Waals surface area contributed by atoms with Crippen LogP contribution in [0.1, 0.15) is 132 Å². The first kappa shape index (κ1) is 39.9. The fourth-order valence-electron chi connectivity index (χ4n) is 13.3. The van der Waals surface area contributed by atoms with Gasteiger partial charge >= 0.3 is 11.7 Å². The molecule has 302 valence electrons. The summed E-state index contributed by atoms with van der Waals surface area (Å²) in [6, 6.07) is 1.21. The third-order valence-electron chi connectivity index (χ3n) is 16.9. The number of nitrogens with zero attached hydrogens (tertiary/aromatic N) is 2. The second-order valence-electron chi connectivity index (χ2n) is 20.3. The first-order chi connectivity index (χ1) is 25.3. The molecule has 11 nitrogen and oxygen atoms in total. The number of aromatic nitrogens is 2. The van der Waals surface area contributed by atoms with Crippen LogP contribution in [0.25, 0.3) is 0 Å². The van der Waals surface area contributed by atoms with Gasteiger partial charge in [0.15, 0.2) is 6.23 Å². The minimum atomic E-state index is -1.44. The van der Waals surface area contributed by atoms with Gasteiger partial charge in [-0.3, -0.25) is 18.7 Å². The van der Waals surface area contributed by atoms with Gasteiger partial charge < -0.3 is 29.9 Å². The van der Waals surface area contributed by atoms with Crippen LogP contribution < -0.4 is 11.2 Å². The summed E-state index contributed by atoms with van der Waals surface area (Å²) in [5.74, 6) is 1.03. The number of hydrogen-bond acceptors (Lipinski definition) is 9. The van der Waals surface area contributed by atoms with E-state index in [4.69, 9.17) is 9.47 Å². The topological polar surface area (TPSA) is 160 Å². The Hall–Kier alpha value is -2.31. The van der Waals surface area contributed by atoms with Crippen molar-refractivity contribution in [1.29, 1.82) is 0 Å². The molecule has 1 aromatic heterocycles. The van der Waals surface area contributed by atoms with Crippen molar-refractivity contribution >= 4 is 5.97 Å². The Kier molecular flexibility index (Phi) is 10.1. The van der Waals surface area contributed by atoms with E-state index in [9.17, 15) is 34.8 Å². The van der Waals surface area contributed by atoms with Crippen LogP contribution >= 0.6 is 0 Å². The minimum absolute atomic E-state index is 0.0154. The number of unbranched alkanes of at least 4 members (excludes halogenated alkanes) is 1. The predicted molar refractivity (Wildman–Crippen MR) is 203 cm³/mol. The van der Waals surface area contributed by atoms with Gasteiger partial charge in [0.2, 0.25) is 0 Å². The van der Waals surface area contributed by atoms with Gasteiger partial charge in [-0.15, -0.1) is 0 Å². The number of fused-ring (bicyclic) bond motifs is 7. The molecule has 4 N–H and O–H groups in total. The summed E-state index contributed by atoms with van der Waals surface area (Å²) in [7, 11) is 0. The molecule has 54 heavy (non-hydrogen) atoms. The lowest BCUT2D eigenvalue weighted by atomic mass is 9.33. The number of carbonyl (C=O) groups excluding carboxylic acids is 1. The van der Waals surface area contributed by atoms with Crippen LogP contribution in [-0.4, -0.2) is 73.2 Å². The molecule has 0 spiro atoms. The number of esters is 1. The largest absolute Gasteiger partial charge is 0.465 e. The van der Waals surface area contributed by atoms with Crippen molar-refractivity contribution in [3.05, 3.63) is 44.8 Å². The molecular formula is C43H66N2O9. The average Bonchev–Trinajstić information content (AvgIpc) is 3.40. The maximum absolute atomic E-state index is 14.4. The van der Waals surface area contributed by atoms with Crippen molar-refractivity contribution in [1.82, 2.24) is 9.13 Å². The van der Waals surface area contributed by atoms with Crippen LogP contribution in [0.5, 0.6) is 0 Å². The Bertz CT molecular complexity index is 1760. The number of hydrogen-bond donors (Lipinski definition) is 4. The summed E-state index contributed by atoms with van der Waals surface area (Å²) in [5, 5.41) is 41.1. The van der Waals surface area contributed by atoms with Gasteiger partial charge in [0.25, 0.3) is 5.56 Å². The fourth-order valence-corrected chi connectivity index (χ4v) is 13.3. The van der Waals surface area contributed by atoms with Gasteiger partial charge in [-0.1, -0.05) is 60.1 Å². The highest BCUT2D eigenvalue weighted by Crippen LogP contribution is 2.75. The summed E-state index contributed by atoms with van der Waals surface area (Å²) in [5.41, 5.74) is 0.00939. The molecule has 7 rings (SSSR count). The minimum Gasteiger partial charge on any atom is -0.465 e. The van der Waals surface area contributed by atoms with Gasteiger partial charge in [0, 0.05) is 18.8 Å². The zero-order chi connectivity index (χ0) is 39.2. The molecule has 4 saturated carbocycles. The molecule has 2 heterocycles. The monoisotopic (exact) mass is 754 g/mol. The first-order valence-electron chi connectivity index (χ1n) is 20.8. The normalized spacial score (nSPS) is 43.6. The molecule has 12 atom stereocenters. The first-order valence-corrected chi connectivity index (χ1v) is 20.8. The van der Waals surface area contributed by atoms with Crippen LogP contribution in [0.15, 0.2) is 33.5 Å². The van der Waals surface area contributed by atoms with E-state index in [2.05, 4.69) is 54.5 Å². The van der Waals surface area contributed by atoms with Crippen molar-refractivity contribution in [3.8, 4) is 0 Å². The zero-order valence-corrected chi connectivity index (χ0v) is 33.7. The average molecular weight is 755 g/mol. The molecule has 0 aromatic carbocycles. The van der Waals surface area contributed by atoms with E-state index in [0.29, 0.717) is 24.7 Å². The molecule has 5 aliphatic carbocycles. The Morgan fingerprint density at radius 1 is 0.907 bits per heavy atom. The Balaban J connectivity index is 1.06. The zero-order valence-electron chi connectivity index (χ0n) is 33.7. The number of allylic oxidation sites excluding steroid dienone is 2. The number of aliphatic hydroxyl groups excluding tert-OH is 4. The highest BCUT2D eigenvalue weighted by Gasteiger charge is 2.69. The Morgan fingerprint density at radius 2 is 1.63 bits per heavy atom. The Morgan fingerprint density at radius 3 is 2.33 bits per heavy atom. The number of rotatable bonds is 8. The summed E-state index contributed by atoms with van der Waals surface area (Å²) in [6.07, 6.45) is 9.09. The summed E-state index contributed by atoms with van der Waals surface area (Å²) in [6.45, 7) is 16.6. The molecule has 5 fully saturated rings. The van der Waals surface area contributed by atoms with E-state index in [1.54, 1.807) is 0 Å². The standard InChI is InChI=1S/C43H66N2O9/c1-38(2)17-19-43(36(51)53-23-9-8-21-44-32(48)14-22-45(37(44)52)35-34(50)33(49)28(25-46)54-35)20-18-41(6)26(27(43)24-38)10-11-30-40(5)15-13-31(47)39(3,4)29(40)12-16-42(30,41)7/h10,14,22,27-31,33-35,46-47,49-50H,8-9,11-13,15-21,23-25H2,1-7H3/t27-,28+,29?,30+,31-,33+,34+,35+,40-,41+,42+,43-/m0/s1. The van der Waals surface area contributed by atoms with E-state index in [1.807, 2.05) is 0 Å². The van der Waals surface area contributed by atoms with Gasteiger partial charge in [0.05, 0.1) is 24.7 Å². The summed E-state index contributed by atoms with van der Waals surface area (Å²) in [4.78, 5) is 40.4. The van der Waals surface area contributed by atoms with E-state index in [0.717, 1.165) is 73.3 Å². The number of ether oxygens (including phenoxy) is 2. The summed E-state index contributed by atoms with van der Waals surface area (Å²) < 4.78 is 13.8. The molecule has 1 saturated heterocycles. The van der Waals surface area contributed by atoms with Crippen LogP contribution in [0.4, 0.5) is 0 Å². The maximum Gasteiger partial charge on any atom is 0.333 e. The second-order valence-corrected chi connectivity index (χ2v) is 20.3. The van der Waals surface area contributed by atoms with Crippen molar-refractivity contribution < 1.29 is 34.7 Å². The van der Waals surface area contributed by atoms with Crippen LogP contribution in [0.3, 0.4) is 0 Å². The van der Waals surface area contributed by atoms with E-state index in [1.165, 1.54) is 17.8 Å². The van der Waals surface area contributed by atoms with Crippen LogP contribution in [0.2, 0.25) is 0 Å². The second kappa shape index (κ2) is 13.7. The molecule has 1 aromatic rings. The van der Waals surface area contributed by atoms with E-state index in [-0.39, 0.29) is 58.2 Å². The smallest absolute Gasteiger partial charge is 0.333 e. The molecule has 6 aliphatic rings.